The highest BCUT2D eigenvalue weighted by Crippen LogP contribution is 2.30. The minimum atomic E-state index is -3.67. The summed E-state index contributed by atoms with van der Waals surface area (Å²) in [5, 5.41) is 4.51. The van der Waals surface area contributed by atoms with Crippen molar-refractivity contribution >= 4 is 27.3 Å². The average molecular weight is 441 g/mol. The summed E-state index contributed by atoms with van der Waals surface area (Å²) in [4.78, 5) is 12.4. The van der Waals surface area contributed by atoms with Gasteiger partial charge in [0.15, 0.2) is 11.5 Å². The Morgan fingerprint density at radius 3 is 2.52 bits per heavy atom. The number of sulfonamides is 1. The van der Waals surface area contributed by atoms with Crippen LogP contribution in [-0.4, -0.2) is 45.9 Å². The number of likely N-dealkylation sites (N-methyl/N-ethyl adjacent to an activating group) is 1. The lowest BCUT2D eigenvalue weighted by atomic mass is 10.1. The number of amides is 1. The van der Waals surface area contributed by atoms with Crippen molar-refractivity contribution in [3.05, 3.63) is 41.3 Å². The van der Waals surface area contributed by atoms with Crippen LogP contribution >= 0.6 is 11.3 Å². The number of rotatable bonds is 10. The molecule has 160 valence electrons. The number of hydrogen-bond donors (Lipinski definition) is 1. The molecular weight excluding hydrogens is 412 g/mol. The Kier molecular flexibility index (Phi) is 8.06. The number of nitrogens with one attached hydrogen (secondary N) is 1. The molecule has 1 aromatic heterocycles. The van der Waals surface area contributed by atoms with Crippen LogP contribution in [0, 0.1) is 5.92 Å². The van der Waals surface area contributed by atoms with E-state index in [9.17, 15) is 13.2 Å². The molecule has 0 saturated heterocycles. The van der Waals surface area contributed by atoms with Gasteiger partial charge < -0.3 is 14.8 Å². The van der Waals surface area contributed by atoms with Crippen LogP contribution in [0.1, 0.15) is 32.4 Å². The number of hydrogen-bond acceptors (Lipinski definition) is 6. The fraction of sp³-hybridized carbons (Fsp3) is 0.450. The Labute approximate surface area is 176 Å². The summed E-state index contributed by atoms with van der Waals surface area (Å²) in [6, 6.07) is 8.34. The van der Waals surface area contributed by atoms with Gasteiger partial charge in [0.2, 0.25) is 5.91 Å². The summed E-state index contributed by atoms with van der Waals surface area (Å²) in [7, 11) is -0.710. The molecule has 1 heterocycles. The van der Waals surface area contributed by atoms with Crippen molar-refractivity contribution in [2.45, 2.75) is 31.0 Å². The summed E-state index contributed by atoms with van der Waals surface area (Å²) < 4.78 is 37.3. The Balaban J connectivity index is 2.02. The lowest BCUT2D eigenvalue weighted by Crippen LogP contribution is -2.39. The number of ether oxygens (including phenoxy) is 2. The van der Waals surface area contributed by atoms with E-state index in [1.165, 1.54) is 13.1 Å². The van der Waals surface area contributed by atoms with Gasteiger partial charge in [0.25, 0.3) is 10.0 Å². The smallest absolute Gasteiger partial charge is 0.252 e. The van der Waals surface area contributed by atoms with Crippen molar-refractivity contribution in [1.82, 2.24) is 9.62 Å². The fourth-order valence-corrected chi connectivity index (χ4v) is 4.88. The number of methoxy groups -OCH3 is 1. The highest BCUT2D eigenvalue weighted by Gasteiger charge is 2.24. The maximum absolute atomic E-state index is 12.4. The number of thiophene rings is 1. The third-order valence-corrected chi connectivity index (χ3v) is 7.34. The van der Waals surface area contributed by atoms with Gasteiger partial charge in [0, 0.05) is 7.05 Å². The van der Waals surface area contributed by atoms with Gasteiger partial charge in [-0.1, -0.05) is 26.0 Å². The predicted octanol–water partition coefficient (Wildman–Crippen LogP) is 3.29. The van der Waals surface area contributed by atoms with Crippen molar-refractivity contribution in [2.75, 3.05) is 27.3 Å². The second kappa shape index (κ2) is 10.1. The van der Waals surface area contributed by atoms with Crippen molar-refractivity contribution in [2.24, 2.45) is 5.92 Å². The molecule has 0 bridgehead atoms. The summed E-state index contributed by atoms with van der Waals surface area (Å²) in [5.41, 5.74) is 0.830. The molecule has 0 saturated carbocycles. The van der Waals surface area contributed by atoms with Crippen LogP contribution in [0.5, 0.6) is 11.5 Å². The molecular formula is C20H28N2O5S2. The van der Waals surface area contributed by atoms with Crippen LogP contribution in [0.4, 0.5) is 0 Å². The average Bonchev–Trinajstić information content (AvgIpc) is 3.21. The molecule has 0 radical (unpaired) electrons. The molecule has 1 amide bonds. The largest absolute Gasteiger partial charge is 0.493 e. The van der Waals surface area contributed by atoms with E-state index in [0.29, 0.717) is 24.0 Å². The highest BCUT2D eigenvalue weighted by atomic mass is 32.2. The first-order valence-electron chi connectivity index (χ1n) is 9.25. The minimum Gasteiger partial charge on any atom is -0.493 e. The molecule has 0 fully saturated rings. The molecule has 2 aromatic rings. The number of nitrogens with zero attached hydrogens (tertiary/aromatic N) is 1. The first-order chi connectivity index (χ1) is 13.6. The van der Waals surface area contributed by atoms with Crippen molar-refractivity contribution in [3.8, 4) is 11.5 Å². The highest BCUT2D eigenvalue weighted by molar-refractivity contribution is 7.91. The van der Waals surface area contributed by atoms with E-state index in [-0.39, 0.29) is 22.7 Å². The molecule has 9 heteroatoms. The van der Waals surface area contributed by atoms with E-state index in [0.717, 1.165) is 21.2 Å². The summed E-state index contributed by atoms with van der Waals surface area (Å²) in [6.45, 7) is 6.27. The van der Waals surface area contributed by atoms with E-state index in [1.807, 2.05) is 25.1 Å². The van der Waals surface area contributed by atoms with Crippen LogP contribution < -0.4 is 14.8 Å². The van der Waals surface area contributed by atoms with Crippen molar-refractivity contribution < 1.29 is 22.7 Å². The molecule has 7 nitrogen and oxygen atoms in total. The Morgan fingerprint density at radius 2 is 1.93 bits per heavy atom. The maximum atomic E-state index is 12.4. The lowest BCUT2D eigenvalue weighted by molar-refractivity contribution is -0.121. The lowest BCUT2D eigenvalue weighted by Gasteiger charge is -2.20. The van der Waals surface area contributed by atoms with E-state index in [2.05, 4.69) is 19.2 Å². The van der Waals surface area contributed by atoms with Crippen LogP contribution in [0.3, 0.4) is 0 Å². The standard InChI is InChI=1S/C20H28N2O5S2/c1-14(2)13-27-17-9-8-16(11-18(17)26-5)15(3)21-19(23)12-22(4)29(24,25)20-7-6-10-28-20/h6-11,14-15H,12-13H2,1-5H3,(H,21,23). The molecule has 1 aromatic carbocycles. The van der Waals surface area contributed by atoms with E-state index >= 15 is 0 Å². The molecule has 0 aliphatic heterocycles. The van der Waals surface area contributed by atoms with Gasteiger partial charge in [-0.05, 0) is 42.0 Å². The van der Waals surface area contributed by atoms with Crippen LogP contribution in [-0.2, 0) is 14.8 Å². The van der Waals surface area contributed by atoms with E-state index in [4.69, 9.17) is 9.47 Å². The van der Waals surface area contributed by atoms with Crippen LogP contribution in [0.2, 0.25) is 0 Å². The Hall–Kier alpha value is -2.10. The van der Waals surface area contributed by atoms with Crippen LogP contribution in [0.15, 0.2) is 39.9 Å². The molecule has 0 aliphatic carbocycles. The maximum Gasteiger partial charge on any atom is 0.252 e. The fourth-order valence-electron chi connectivity index (χ4n) is 2.55. The third kappa shape index (κ3) is 6.19. The zero-order valence-corrected chi connectivity index (χ0v) is 19.0. The second-order valence-corrected chi connectivity index (χ2v) is 10.3. The van der Waals surface area contributed by atoms with Gasteiger partial charge >= 0.3 is 0 Å². The number of carbonyl (C=O) groups is 1. The normalized spacial score (nSPS) is 12.8. The molecule has 1 atom stereocenters. The number of carbonyl (C=O) groups excluding carboxylic acids is 1. The van der Waals surface area contributed by atoms with Gasteiger partial charge in [0.05, 0.1) is 26.3 Å². The molecule has 1 unspecified atom stereocenters. The molecule has 0 aliphatic rings. The summed E-state index contributed by atoms with van der Waals surface area (Å²) in [5.74, 6) is 1.23. The van der Waals surface area contributed by atoms with Crippen molar-refractivity contribution in [1.29, 1.82) is 0 Å². The summed E-state index contributed by atoms with van der Waals surface area (Å²) in [6.07, 6.45) is 0. The van der Waals surface area contributed by atoms with Gasteiger partial charge in [0.1, 0.15) is 4.21 Å². The molecule has 1 N–H and O–H groups in total. The van der Waals surface area contributed by atoms with Crippen molar-refractivity contribution in [3.63, 3.8) is 0 Å². The zero-order valence-electron chi connectivity index (χ0n) is 17.3. The van der Waals surface area contributed by atoms with E-state index in [1.54, 1.807) is 18.6 Å². The van der Waals surface area contributed by atoms with E-state index < -0.39 is 10.0 Å². The SMILES string of the molecule is COc1cc(C(C)NC(=O)CN(C)S(=O)(=O)c2cccs2)ccc1OCC(C)C. The van der Waals surface area contributed by atoms with Gasteiger partial charge in [-0.25, -0.2) is 8.42 Å². The van der Waals surface area contributed by atoms with Gasteiger partial charge in [-0.2, -0.15) is 4.31 Å². The van der Waals surface area contributed by atoms with Gasteiger partial charge in [-0.15, -0.1) is 11.3 Å². The topological polar surface area (TPSA) is 84.9 Å². The zero-order chi connectivity index (χ0) is 21.6. The minimum absolute atomic E-state index is 0.211. The molecule has 0 spiro atoms. The third-order valence-electron chi connectivity index (χ3n) is 4.16. The summed E-state index contributed by atoms with van der Waals surface area (Å²) >= 11 is 1.12. The quantitative estimate of drug-likeness (QED) is 0.613. The Morgan fingerprint density at radius 1 is 1.21 bits per heavy atom. The van der Waals surface area contributed by atoms with Crippen LogP contribution in [0.25, 0.3) is 0 Å². The van der Waals surface area contributed by atoms with Gasteiger partial charge in [-0.3, -0.25) is 4.79 Å². The predicted molar refractivity (Wildman–Crippen MR) is 114 cm³/mol. The second-order valence-electron chi connectivity index (χ2n) is 7.10. The Bertz CT molecular complexity index is 911. The first kappa shape index (κ1) is 23.2. The number of benzene rings is 1. The molecule has 29 heavy (non-hydrogen) atoms. The monoisotopic (exact) mass is 440 g/mol. The first-order valence-corrected chi connectivity index (χ1v) is 11.6. The molecule has 2 rings (SSSR count).